The van der Waals surface area contributed by atoms with E-state index in [2.05, 4.69) is 23.6 Å². The van der Waals surface area contributed by atoms with Crippen LogP contribution < -0.4 is 4.72 Å². The van der Waals surface area contributed by atoms with Gasteiger partial charge in [0.05, 0.1) is 17.4 Å². The molecular weight excluding hydrogens is 396 g/mol. The van der Waals surface area contributed by atoms with Crippen LogP contribution in [0.25, 0.3) is 22.1 Å². The highest BCUT2D eigenvalue weighted by atomic mass is 32.2. The van der Waals surface area contributed by atoms with Crippen LogP contribution in [0, 0.1) is 0 Å². The topological polar surface area (TPSA) is 85.3 Å². The fourth-order valence-electron chi connectivity index (χ4n) is 2.72. The van der Waals surface area contributed by atoms with Crippen molar-refractivity contribution >= 4 is 26.5 Å². The molecule has 3 heterocycles. The summed E-state index contributed by atoms with van der Waals surface area (Å²) < 4.78 is 39.1. The van der Waals surface area contributed by atoms with Crippen molar-refractivity contribution in [2.75, 3.05) is 4.72 Å². The summed E-state index contributed by atoms with van der Waals surface area (Å²) in [6.07, 6.45) is 3.10. The predicted molar refractivity (Wildman–Crippen MR) is 109 cm³/mol. The van der Waals surface area contributed by atoms with E-state index in [1.807, 2.05) is 12.1 Å². The maximum Gasteiger partial charge on any atom is 0.263 e. The fraction of sp³-hybridized carbons (Fsp3) is 0.150. The average molecular weight is 415 g/mol. The minimum absolute atomic E-state index is 0.186. The first kappa shape index (κ1) is 18.5. The van der Waals surface area contributed by atoms with Crippen LogP contribution in [0.3, 0.4) is 0 Å². The first-order chi connectivity index (χ1) is 13.4. The summed E-state index contributed by atoms with van der Waals surface area (Å²) in [6, 6.07) is 13.9. The van der Waals surface area contributed by atoms with Crippen molar-refractivity contribution in [3.63, 3.8) is 0 Å². The Bertz CT molecular complexity index is 1110. The van der Waals surface area contributed by atoms with Gasteiger partial charge in [-0.3, -0.25) is 4.72 Å². The number of sulfonamides is 1. The molecule has 1 aromatic carbocycles. The summed E-state index contributed by atoms with van der Waals surface area (Å²) >= 11 is 1.19. The van der Waals surface area contributed by atoms with Crippen molar-refractivity contribution in [3.8, 4) is 22.1 Å². The van der Waals surface area contributed by atoms with E-state index in [4.69, 9.17) is 8.83 Å². The second-order valence-corrected chi connectivity index (χ2v) is 9.16. The van der Waals surface area contributed by atoms with Crippen LogP contribution >= 0.6 is 11.3 Å². The van der Waals surface area contributed by atoms with Crippen molar-refractivity contribution in [2.24, 2.45) is 0 Å². The lowest BCUT2D eigenvalue weighted by Crippen LogP contribution is -2.12. The smallest absolute Gasteiger partial charge is 0.263 e. The molecule has 0 bridgehead atoms. The molecule has 4 aromatic rings. The van der Waals surface area contributed by atoms with Gasteiger partial charge in [-0.25, -0.2) is 13.4 Å². The third kappa shape index (κ3) is 3.61. The molecule has 0 aliphatic heterocycles. The van der Waals surface area contributed by atoms with Crippen LogP contribution in [0.4, 0.5) is 5.13 Å². The van der Waals surface area contributed by atoms with Gasteiger partial charge in [0.25, 0.3) is 10.0 Å². The molecule has 0 saturated heterocycles. The molecule has 1 N–H and O–H groups in total. The van der Waals surface area contributed by atoms with Crippen LogP contribution in [-0.2, 0) is 10.0 Å². The quantitative estimate of drug-likeness (QED) is 0.445. The van der Waals surface area contributed by atoms with Gasteiger partial charge in [-0.2, -0.15) is 0 Å². The maximum atomic E-state index is 12.8. The van der Waals surface area contributed by atoms with Gasteiger partial charge in [0, 0.05) is 0 Å². The summed E-state index contributed by atoms with van der Waals surface area (Å²) in [4.78, 5) is 5.31. The molecule has 6 nitrogen and oxygen atoms in total. The standard InChI is InChI=1S/C20H18N2O4S2/c1-13(2)14-7-9-15(10-8-14)28(23,24)22-20-21-18(16-5-3-11-25-16)19(27-20)17-6-4-12-26-17/h3-13H,1-2H3,(H,21,22). The van der Waals surface area contributed by atoms with Gasteiger partial charge in [-0.05, 0) is 47.9 Å². The van der Waals surface area contributed by atoms with E-state index in [1.54, 1.807) is 48.9 Å². The van der Waals surface area contributed by atoms with Crippen molar-refractivity contribution in [1.82, 2.24) is 4.98 Å². The van der Waals surface area contributed by atoms with E-state index in [0.717, 1.165) is 5.56 Å². The number of furan rings is 2. The number of nitrogens with zero attached hydrogens (tertiary/aromatic N) is 1. The highest BCUT2D eigenvalue weighted by Gasteiger charge is 2.22. The Hall–Kier alpha value is -2.84. The number of thiazole rings is 1. The molecule has 0 saturated carbocycles. The van der Waals surface area contributed by atoms with E-state index in [9.17, 15) is 8.42 Å². The lowest BCUT2D eigenvalue weighted by atomic mass is 10.0. The zero-order valence-corrected chi connectivity index (χ0v) is 16.9. The molecule has 8 heteroatoms. The Balaban J connectivity index is 1.69. The van der Waals surface area contributed by atoms with Crippen molar-refractivity contribution in [2.45, 2.75) is 24.7 Å². The van der Waals surface area contributed by atoms with Crippen LogP contribution in [0.5, 0.6) is 0 Å². The van der Waals surface area contributed by atoms with Gasteiger partial charge >= 0.3 is 0 Å². The van der Waals surface area contributed by atoms with Crippen LogP contribution in [0.2, 0.25) is 0 Å². The van der Waals surface area contributed by atoms with Gasteiger partial charge < -0.3 is 8.83 Å². The van der Waals surface area contributed by atoms with Crippen LogP contribution in [0.15, 0.2) is 74.8 Å². The lowest BCUT2D eigenvalue weighted by Gasteiger charge is -2.08. The van der Waals surface area contributed by atoms with Crippen LogP contribution in [-0.4, -0.2) is 13.4 Å². The van der Waals surface area contributed by atoms with Crippen LogP contribution in [0.1, 0.15) is 25.3 Å². The van der Waals surface area contributed by atoms with Crippen molar-refractivity contribution in [1.29, 1.82) is 0 Å². The molecule has 0 atom stereocenters. The maximum absolute atomic E-state index is 12.8. The summed E-state index contributed by atoms with van der Waals surface area (Å²) in [6.45, 7) is 4.12. The molecule has 0 unspecified atom stereocenters. The molecule has 0 radical (unpaired) electrons. The van der Waals surface area contributed by atoms with Gasteiger partial charge in [0.15, 0.2) is 10.9 Å². The normalized spacial score (nSPS) is 11.8. The Morgan fingerprint density at radius 2 is 1.61 bits per heavy atom. The first-order valence-electron chi connectivity index (χ1n) is 8.65. The highest BCUT2D eigenvalue weighted by Crippen LogP contribution is 2.40. The van der Waals surface area contributed by atoms with Gasteiger partial charge in [0.2, 0.25) is 0 Å². The van der Waals surface area contributed by atoms with Crippen molar-refractivity contribution < 1.29 is 17.3 Å². The van der Waals surface area contributed by atoms with Gasteiger partial charge in [-0.15, -0.1) is 0 Å². The summed E-state index contributed by atoms with van der Waals surface area (Å²) in [5.41, 5.74) is 1.60. The number of benzene rings is 1. The number of aromatic nitrogens is 1. The second-order valence-electron chi connectivity index (χ2n) is 6.48. The van der Waals surface area contributed by atoms with Gasteiger partial charge in [-0.1, -0.05) is 37.3 Å². The molecule has 3 aromatic heterocycles. The third-order valence-electron chi connectivity index (χ3n) is 4.21. The second kappa shape index (κ2) is 7.29. The minimum atomic E-state index is -3.76. The molecule has 4 rings (SSSR count). The Morgan fingerprint density at radius 3 is 2.18 bits per heavy atom. The average Bonchev–Trinajstić information content (AvgIpc) is 3.42. The van der Waals surface area contributed by atoms with Crippen molar-refractivity contribution in [3.05, 3.63) is 66.6 Å². The Labute approximate surface area is 166 Å². The first-order valence-corrected chi connectivity index (χ1v) is 11.0. The molecule has 28 heavy (non-hydrogen) atoms. The molecular formula is C20H18N2O4S2. The zero-order chi connectivity index (χ0) is 19.7. The molecule has 0 aliphatic rings. The van der Waals surface area contributed by atoms with Gasteiger partial charge in [0.1, 0.15) is 16.3 Å². The molecule has 144 valence electrons. The molecule has 0 aliphatic carbocycles. The largest absolute Gasteiger partial charge is 0.463 e. The van der Waals surface area contributed by atoms with E-state index in [-0.39, 0.29) is 10.0 Å². The number of hydrogen-bond donors (Lipinski definition) is 1. The molecule has 0 spiro atoms. The summed E-state index contributed by atoms with van der Waals surface area (Å²) in [5, 5.41) is 0.241. The summed E-state index contributed by atoms with van der Waals surface area (Å²) in [5.74, 6) is 1.46. The monoisotopic (exact) mass is 414 g/mol. The van der Waals surface area contributed by atoms with E-state index >= 15 is 0 Å². The number of anilines is 1. The SMILES string of the molecule is CC(C)c1ccc(S(=O)(=O)Nc2nc(-c3ccco3)c(-c3ccco3)s2)cc1. The number of hydrogen-bond acceptors (Lipinski definition) is 6. The molecule has 0 amide bonds. The fourth-order valence-corrected chi connectivity index (χ4v) is 4.90. The van der Waals surface area contributed by atoms with E-state index < -0.39 is 10.0 Å². The number of nitrogens with one attached hydrogen (secondary N) is 1. The minimum Gasteiger partial charge on any atom is -0.463 e. The third-order valence-corrected chi connectivity index (χ3v) is 6.67. The lowest BCUT2D eigenvalue weighted by molar-refractivity contribution is 0.575. The Morgan fingerprint density at radius 1 is 0.964 bits per heavy atom. The number of rotatable bonds is 6. The Kier molecular flexibility index (Phi) is 4.82. The highest BCUT2D eigenvalue weighted by molar-refractivity contribution is 7.93. The molecule has 0 fully saturated rings. The summed E-state index contributed by atoms with van der Waals surface area (Å²) in [7, 11) is -3.76. The zero-order valence-electron chi connectivity index (χ0n) is 15.2. The van der Waals surface area contributed by atoms with E-state index in [0.29, 0.717) is 28.0 Å². The predicted octanol–water partition coefficient (Wildman–Crippen LogP) is 5.59. The van der Waals surface area contributed by atoms with E-state index in [1.165, 1.54) is 11.3 Å².